The Labute approximate surface area is 222 Å². The van der Waals surface area contributed by atoms with E-state index >= 15 is 0 Å². The first kappa shape index (κ1) is 40.6. The van der Waals surface area contributed by atoms with E-state index in [4.69, 9.17) is 0 Å². The van der Waals surface area contributed by atoms with Crippen molar-refractivity contribution >= 4 is 5.97 Å². The molecule has 0 spiro atoms. The molecule has 0 amide bonds. The Morgan fingerprint density at radius 3 is 1.28 bits per heavy atom. The van der Waals surface area contributed by atoms with Crippen LogP contribution in [0.25, 0.3) is 0 Å². The Morgan fingerprint density at radius 1 is 0.558 bits per heavy atom. The highest BCUT2D eigenvalue weighted by molar-refractivity contribution is 5.81. The number of hydrogen-bond donors (Lipinski definition) is 0. The quantitative estimate of drug-likeness (QED) is 0.0753. The molecule has 0 aromatic heterocycles. The Hall–Kier alpha value is -2.37. The highest BCUT2D eigenvalue weighted by Gasteiger charge is 2.90. The molecule has 0 aliphatic carbocycles. The normalized spacial score (nSPS) is 16.2. The van der Waals surface area contributed by atoms with Gasteiger partial charge in [-0.2, -0.15) is 96.6 Å². The van der Waals surface area contributed by atoms with Crippen molar-refractivity contribution in [2.75, 3.05) is 13.2 Å². The zero-order valence-corrected chi connectivity index (χ0v) is 19.7. The second-order valence-electron chi connectivity index (χ2n) is 8.14. The molecular formula is C18H12F22O3. The fourth-order valence-electron chi connectivity index (χ4n) is 2.54. The Morgan fingerprint density at radius 2 is 0.907 bits per heavy atom. The van der Waals surface area contributed by atoms with Gasteiger partial charge in [0.2, 0.25) is 0 Å². The zero-order valence-electron chi connectivity index (χ0n) is 19.7. The maximum Gasteiger partial charge on any atom is 0.460 e. The number of halogens is 22. The molecule has 0 radical (unpaired) electrons. The number of ether oxygens (including phenoxy) is 2. The molecule has 0 aromatic rings. The molecule has 0 aliphatic rings. The molecule has 0 aromatic carbocycles. The number of hydrogen-bond acceptors (Lipinski definition) is 3. The molecule has 0 rings (SSSR count). The van der Waals surface area contributed by atoms with Gasteiger partial charge in [0.1, 0.15) is 6.10 Å². The summed E-state index contributed by atoms with van der Waals surface area (Å²) in [5, 5.41) is 0. The lowest BCUT2D eigenvalue weighted by atomic mass is 9.91. The van der Waals surface area contributed by atoms with E-state index in [1.165, 1.54) is 0 Å². The molecule has 0 heterocycles. The minimum absolute atomic E-state index is 0.0656. The first-order chi connectivity index (χ1) is 18.5. The van der Waals surface area contributed by atoms with Gasteiger partial charge in [-0.05, 0) is 0 Å². The summed E-state index contributed by atoms with van der Waals surface area (Å²) >= 11 is 0. The summed E-state index contributed by atoms with van der Waals surface area (Å²) in [6.45, 7) is -1.83. The van der Waals surface area contributed by atoms with E-state index in [9.17, 15) is 101 Å². The third-order valence-electron chi connectivity index (χ3n) is 5.01. The highest BCUT2D eigenvalue weighted by atomic mass is 19.4. The zero-order chi connectivity index (χ0) is 35.1. The lowest BCUT2D eigenvalue weighted by Gasteiger charge is -2.40. The lowest BCUT2D eigenvalue weighted by molar-refractivity contribution is -0.440. The Balaban J connectivity index is 6.10. The molecule has 0 saturated carbocycles. The van der Waals surface area contributed by atoms with Crippen molar-refractivity contribution in [2.45, 2.75) is 78.7 Å². The molecule has 1 atom stereocenters. The van der Waals surface area contributed by atoms with Crippen LogP contribution in [0.2, 0.25) is 0 Å². The molecule has 0 bridgehead atoms. The van der Waals surface area contributed by atoms with Crippen LogP contribution in [0.15, 0.2) is 12.7 Å². The maximum atomic E-state index is 14.0. The van der Waals surface area contributed by atoms with Crippen molar-refractivity contribution in [3.05, 3.63) is 12.7 Å². The predicted molar refractivity (Wildman–Crippen MR) is 91.8 cm³/mol. The molecule has 1 unspecified atom stereocenters. The number of rotatable bonds is 15. The van der Waals surface area contributed by atoms with Crippen LogP contribution in [-0.2, 0) is 14.3 Å². The minimum atomic E-state index is -8.32. The second kappa shape index (κ2) is 11.9. The molecule has 43 heavy (non-hydrogen) atoms. The average molecular weight is 694 g/mol. The van der Waals surface area contributed by atoms with Gasteiger partial charge >= 0.3 is 65.7 Å². The summed E-state index contributed by atoms with van der Waals surface area (Å²) < 4.78 is 294. The smallest absolute Gasteiger partial charge is 0.457 e. The second-order valence-corrected chi connectivity index (χ2v) is 8.14. The summed E-state index contributed by atoms with van der Waals surface area (Å²) in [5.74, 6) is -62.6. The van der Waals surface area contributed by atoms with Crippen LogP contribution < -0.4 is 0 Å². The molecule has 256 valence electrons. The van der Waals surface area contributed by atoms with Crippen LogP contribution in [0, 0.1) is 0 Å². The summed E-state index contributed by atoms with van der Waals surface area (Å²) in [7, 11) is 0. The lowest BCUT2D eigenvalue weighted by Crippen LogP contribution is -2.70. The van der Waals surface area contributed by atoms with E-state index in [-0.39, 0.29) is 6.08 Å². The summed E-state index contributed by atoms with van der Waals surface area (Å²) in [4.78, 5) is 11.2. The van der Waals surface area contributed by atoms with Gasteiger partial charge in [-0.3, -0.25) is 0 Å². The Kier molecular flexibility index (Phi) is 11.2. The van der Waals surface area contributed by atoms with Gasteiger partial charge in [-0.1, -0.05) is 6.58 Å². The number of carbonyl (C=O) groups is 1. The van der Waals surface area contributed by atoms with E-state index in [2.05, 4.69) is 16.1 Å². The number of alkyl halides is 22. The molecule has 0 N–H and O–H groups in total. The van der Waals surface area contributed by atoms with E-state index < -0.39 is 97.9 Å². The monoisotopic (exact) mass is 694 g/mol. The van der Waals surface area contributed by atoms with Gasteiger partial charge in [0.15, 0.2) is 0 Å². The molecule has 0 saturated heterocycles. The van der Waals surface area contributed by atoms with E-state index in [1.54, 1.807) is 0 Å². The largest absolute Gasteiger partial charge is 0.460 e. The third kappa shape index (κ3) is 7.14. The van der Waals surface area contributed by atoms with Crippen LogP contribution in [0.5, 0.6) is 0 Å². The first-order valence-corrected chi connectivity index (χ1v) is 10.1. The van der Waals surface area contributed by atoms with Gasteiger partial charge in [0.05, 0.1) is 19.6 Å². The molecule has 3 nitrogen and oxygen atoms in total. The van der Waals surface area contributed by atoms with Crippen LogP contribution >= 0.6 is 0 Å². The number of carbonyl (C=O) groups excluding carboxylic acids is 1. The van der Waals surface area contributed by atoms with Crippen molar-refractivity contribution in [2.24, 2.45) is 0 Å². The van der Waals surface area contributed by atoms with E-state index in [0.29, 0.717) is 0 Å². The van der Waals surface area contributed by atoms with Crippen molar-refractivity contribution in [3.8, 4) is 0 Å². The highest BCUT2D eigenvalue weighted by Crippen LogP contribution is 2.61. The van der Waals surface area contributed by atoms with Gasteiger partial charge in [-0.25, -0.2) is 4.79 Å². The first-order valence-electron chi connectivity index (χ1n) is 10.1. The van der Waals surface area contributed by atoms with Gasteiger partial charge < -0.3 is 9.47 Å². The Bertz CT molecular complexity index is 979. The van der Waals surface area contributed by atoms with Crippen LogP contribution in [0.4, 0.5) is 96.6 Å². The van der Waals surface area contributed by atoms with E-state index in [1.807, 2.05) is 0 Å². The van der Waals surface area contributed by atoms with Crippen LogP contribution in [0.1, 0.15) is 12.8 Å². The van der Waals surface area contributed by atoms with Crippen molar-refractivity contribution < 1.29 is 111 Å². The van der Waals surface area contributed by atoms with Gasteiger partial charge in [-0.15, -0.1) is 0 Å². The summed E-state index contributed by atoms with van der Waals surface area (Å²) in [5.41, 5.74) is 0. The molecular weight excluding hydrogens is 682 g/mol. The molecule has 0 aliphatic heterocycles. The average Bonchev–Trinajstić information content (AvgIpc) is 2.79. The van der Waals surface area contributed by atoms with E-state index in [0.717, 1.165) is 0 Å². The minimum Gasteiger partial charge on any atom is -0.457 e. The summed E-state index contributed by atoms with van der Waals surface area (Å²) in [6, 6.07) is 0. The predicted octanol–water partition coefficient (Wildman–Crippen LogP) is 8.09. The third-order valence-corrected chi connectivity index (χ3v) is 5.01. The topological polar surface area (TPSA) is 35.5 Å². The summed E-state index contributed by atoms with van der Waals surface area (Å²) in [6.07, 6.45) is -24.6. The van der Waals surface area contributed by atoms with Gasteiger partial charge in [0, 0.05) is 12.5 Å². The van der Waals surface area contributed by atoms with Gasteiger partial charge in [0.25, 0.3) is 0 Å². The number of esters is 1. The maximum absolute atomic E-state index is 14.0. The SMILES string of the molecule is C=CC(=O)OC(COCCC(F)(F)C(F)(F)C(F)(F)C(F)(F)F)CC(F)(F)C(F)(F)C(F)(F)C(F)(F)C(F)(F)C(F)(F)F. The van der Waals surface area contributed by atoms with Crippen molar-refractivity contribution in [1.29, 1.82) is 0 Å². The van der Waals surface area contributed by atoms with Crippen LogP contribution in [-0.4, -0.2) is 85.0 Å². The standard InChI is InChI=1S/C18H12F22O3/c1-2-8(41)43-7(6-42-4-3-9(19,20)11(23,24)15(31,32)17(35,36)37)5-10(21,22)12(25,26)13(27,28)14(29,30)16(33,34)18(38,39)40/h2,7H,1,3-6H2. The van der Waals surface area contributed by atoms with Crippen LogP contribution in [0.3, 0.4) is 0 Å². The fourth-order valence-corrected chi connectivity index (χ4v) is 2.54. The molecule has 0 fully saturated rings. The molecule has 25 heteroatoms. The fraction of sp³-hybridized carbons (Fsp3) is 0.833. The van der Waals surface area contributed by atoms with Crippen molar-refractivity contribution in [3.63, 3.8) is 0 Å². The van der Waals surface area contributed by atoms with Crippen molar-refractivity contribution in [1.82, 2.24) is 0 Å².